The van der Waals surface area contributed by atoms with Crippen LogP contribution < -0.4 is 0 Å². The van der Waals surface area contributed by atoms with E-state index in [2.05, 4.69) is 4.90 Å². The first-order valence-corrected chi connectivity index (χ1v) is 7.54. The SMILES string of the molecule is CN(C)CC1CCN(C(=O)C=Cc2ccc(C(F)(F)F)cc2)C1. The number of likely N-dealkylation sites (tertiary alicyclic amines) is 1. The summed E-state index contributed by atoms with van der Waals surface area (Å²) in [5.41, 5.74) is -0.109. The highest BCUT2D eigenvalue weighted by Crippen LogP contribution is 2.29. The zero-order chi connectivity index (χ0) is 17.0. The highest BCUT2D eigenvalue weighted by Gasteiger charge is 2.30. The van der Waals surface area contributed by atoms with Gasteiger partial charge in [0.25, 0.3) is 0 Å². The van der Waals surface area contributed by atoms with Gasteiger partial charge in [0.15, 0.2) is 0 Å². The van der Waals surface area contributed by atoms with Crippen molar-refractivity contribution in [2.24, 2.45) is 5.92 Å². The van der Waals surface area contributed by atoms with Crippen LogP contribution in [-0.2, 0) is 11.0 Å². The second kappa shape index (κ2) is 7.17. The molecule has 1 fully saturated rings. The van der Waals surface area contributed by atoms with Crippen molar-refractivity contribution < 1.29 is 18.0 Å². The van der Waals surface area contributed by atoms with Gasteiger partial charge in [-0.15, -0.1) is 0 Å². The molecular weight excluding hydrogens is 305 g/mol. The Labute approximate surface area is 134 Å². The lowest BCUT2D eigenvalue weighted by molar-refractivity contribution is -0.137. The van der Waals surface area contributed by atoms with Crippen molar-refractivity contribution in [2.75, 3.05) is 33.7 Å². The molecule has 0 N–H and O–H groups in total. The van der Waals surface area contributed by atoms with Gasteiger partial charge in [0, 0.05) is 25.7 Å². The quantitative estimate of drug-likeness (QED) is 0.794. The summed E-state index contributed by atoms with van der Waals surface area (Å²) in [5.74, 6) is 0.388. The average Bonchev–Trinajstić information content (AvgIpc) is 2.92. The summed E-state index contributed by atoms with van der Waals surface area (Å²) in [6, 6.07) is 4.77. The van der Waals surface area contributed by atoms with Gasteiger partial charge in [0.2, 0.25) is 5.91 Å². The molecule has 1 aromatic carbocycles. The van der Waals surface area contributed by atoms with Crippen molar-refractivity contribution >= 4 is 12.0 Å². The van der Waals surface area contributed by atoms with Crippen molar-refractivity contribution in [1.82, 2.24) is 9.80 Å². The van der Waals surface area contributed by atoms with Crippen LogP contribution in [0.15, 0.2) is 30.3 Å². The lowest BCUT2D eigenvalue weighted by atomic mass is 10.1. The Hall–Kier alpha value is -1.82. The van der Waals surface area contributed by atoms with Gasteiger partial charge < -0.3 is 9.80 Å². The van der Waals surface area contributed by atoms with Crippen molar-refractivity contribution in [3.05, 3.63) is 41.5 Å². The minimum Gasteiger partial charge on any atom is -0.339 e. The Morgan fingerprint density at radius 1 is 1.30 bits per heavy atom. The van der Waals surface area contributed by atoms with E-state index in [4.69, 9.17) is 0 Å². The second-order valence-electron chi connectivity index (χ2n) is 6.15. The molecule has 1 aliphatic heterocycles. The molecule has 0 aliphatic carbocycles. The first kappa shape index (κ1) is 17.5. The molecule has 0 saturated carbocycles. The number of alkyl halides is 3. The highest BCUT2D eigenvalue weighted by atomic mass is 19.4. The average molecular weight is 326 g/mol. The molecule has 0 aromatic heterocycles. The van der Waals surface area contributed by atoms with Crippen LogP contribution in [0.1, 0.15) is 17.5 Å². The third kappa shape index (κ3) is 5.10. The van der Waals surface area contributed by atoms with Crippen LogP contribution in [0.4, 0.5) is 13.2 Å². The van der Waals surface area contributed by atoms with Gasteiger partial charge in [-0.25, -0.2) is 0 Å². The Bertz CT molecular complexity index is 564. The number of halogens is 3. The molecule has 3 nitrogen and oxygen atoms in total. The maximum absolute atomic E-state index is 12.5. The summed E-state index contributed by atoms with van der Waals surface area (Å²) in [7, 11) is 4.02. The van der Waals surface area contributed by atoms with Gasteiger partial charge in [0.05, 0.1) is 5.56 Å². The number of amides is 1. The summed E-state index contributed by atoms with van der Waals surface area (Å²) in [5, 5.41) is 0. The summed E-state index contributed by atoms with van der Waals surface area (Å²) in [4.78, 5) is 16.0. The minimum absolute atomic E-state index is 0.0915. The molecule has 0 radical (unpaired) electrons. The lowest BCUT2D eigenvalue weighted by Crippen LogP contribution is -2.29. The predicted molar refractivity (Wildman–Crippen MR) is 83.7 cm³/mol. The van der Waals surface area contributed by atoms with E-state index in [1.165, 1.54) is 18.2 Å². The summed E-state index contributed by atoms with van der Waals surface area (Å²) >= 11 is 0. The van der Waals surface area contributed by atoms with Crippen molar-refractivity contribution in [1.29, 1.82) is 0 Å². The fourth-order valence-corrected chi connectivity index (χ4v) is 2.75. The van der Waals surface area contributed by atoms with E-state index in [0.717, 1.165) is 38.2 Å². The van der Waals surface area contributed by atoms with Gasteiger partial charge in [-0.2, -0.15) is 13.2 Å². The van der Waals surface area contributed by atoms with E-state index in [-0.39, 0.29) is 5.91 Å². The van der Waals surface area contributed by atoms with Gasteiger partial charge >= 0.3 is 6.18 Å². The molecule has 1 unspecified atom stereocenters. The third-order valence-electron chi connectivity index (χ3n) is 3.88. The number of hydrogen-bond donors (Lipinski definition) is 0. The Kier molecular flexibility index (Phi) is 5.46. The predicted octanol–water partition coefficient (Wildman–Crippen LogP) is 3.13. The smallest absolute Gasteiger partial charge is 0.339 e. The molecule has 1 atom stereocenters. The van der Waals surface area contributed by atoms with E-state index in [0.29, 0.717) is 11.5 Å². The Balaban J connectivity index is 1.91. The number of carbonyl (C=O) groups is 1. The Morgan fingerprint density at radius 2 is 1.96 bits per heavy atom. The molecule has 1 aromatic rings. The monoisotopic (exact) mass is 326 g/mol. The molecular formula is C17H21F3N2O. The largest absolute Gasteiger partial charge is 0.416 e. The molecule has 0 spiro atoms. The summed E-state index contributed by atoms with van der Waals surface area (Å²) < 4.78 is 37.4. The molecule has 23 heavy (non-hydrogen) atoms. The van der Waals surface area contributed by atoms with Gasteiger partial charge in [-0.3, -0.25) is 4.79 Å². The zero-order valence-corrected chi connectivity index (χ0v) is 13.3. The van der Waals surface area contributed by atoms with Crippen LogP contribution in [0.5, 0.6) is 0 Å². The normalized spacial score (nSPS) is 19.0. The molecule has 0 bridgehead atoms. The zero-order valence-electron chi connectivity index (χ0n) is 13.3. The first-order valence-electron chi connectivity index (χ1n) is 7.54. The maximum Gasteiger partial charge on any atom is 0.416 e. The minimum atomic E-state index is -4.34. The fourth-order valence-electron chi connectivity index (χ4n) is 2.75. The standard InChI is InChI=1S/C17H21F3N2O/c1-21(2)11-14-9-10-22(12-14)16(23)8-5-13-3-6-15(7-4-13)17(18,19)20/h3-8,14H,9-12H2,1-2H3. The van der Waals surface area contributed by atoms with E-state index in [1.54, 1.807) is 11.0 Å². The van der Waals surface area contributed by atoms with Crippen LogP contribution in [0.2, 0.25) is 0 Å². The number of hydrogen-bond acceptors (Lipinski definition) is 2. The first-order chi connectivity index (χ1) is 10.8. The van der Waals surface area contributed by atoms with Crippen LogP contribution >= 0.6 is 0 Å². The molecule has 1 saturated heterocycles. The van der Waals surface area contributed by atoms with Crippen LogP contribution in [0, 0.1) is 5.92 Å². The van der Waals surface area contributed by atoms with E-state index in [1.807, 2.05) is 14.1 Å². The van der Waals surface area contributed by atoms with E-state index < -0.39 is 11.7 Å². The fraction of sp³-hybridized carbons (Fsp3) is 0.471. The molecule has 6 heteroatoms. The number of carbonyl (C=O) groups excluding carboxylic acids is 1. The van der Waals surface area contributed by atoms with Crippen molar-refractivity contribution in [3.8, 4) is 0 Å². The highest BCUT2D eigenvalue weighted by molar-refractivity contribution is 5.91. The topological polar surface area (TPSA) is 23.6 Å². The summed E-state index contributed by atoms with van der Waals surface area (Å²) in [6.07, 6.45) is -0.366. The Morgan fingerprint density at radius 3 is 2.52 bits per heavy atom. The molecule has 1 amide bonds. The number of nitrogens with zero attached hydrogens (tertiary/aromatic N) is 2. The molecule has 1 heterocycles. The summed E-state index contributed by atoms with van der Waals surface area (Å²) in [6.45, 7) is 2.41. The number of benzene rings is 1. The van der Waals surface area contributed by atoms with Crippen LogP contribution in [0.3, 0.4) is 0 Å². The third-order valence-corrected chi connectivity index (χ3v) is 3.88. The van der Waals surface area contributed by atoms with Crippen molar-refractivity contribution in [2.45, 2.75) is 12.6 Å². The van der Waals surface area contributed by atoms with Gasteiger partial charge in [-0.1, -0.05) is 12.1 Å². The van der Waals surface area contributed by atoms with E-state index in [9.17, 15) is 18.0 Å². The van der Waals surface area contributed by atoms with Crippen LogP contribution in [-0.4, -0.2) is 49.4 Å². The van der Waals surface area contributed by atoms with Crippen LogP contribution in [0.25, 0.3) is 6.08 Å². The molecule has 126 valence electrons. The van der Waals surface area contributed by atoms with E-state index >= 15 is 0 Å². The van der Waals surface area contributed by atoms with Gasteiger partial charge in [0.1, 0.15) is 0 Å². The van der Waals surface area contributed by atoms with Gasteiger partial charge in [-0.05, 0) is 50.2 Å². The van der Waals surface area contributed by atoms with Crippen molar-refractivity contribution in [3.63, 3.8) is 0 Å². The molecule has 2 rings (SSSR count). The molecule has 1 aliphatic rings. The second-order valence-corrected chi connectivity index (χ2v) is 6.15. The maximum atomic E-state index is 12.5. The number of rotatable bonds is 4. The lowest BCUT2D eigenvalue weighted by Gasteiger charge is -2.17.